The van der Waals surface area contributed by atoms with Crippen molar-refractivity contribution in [1.29, 1.82) is 0 Å². The van der Waals surface area contributed by atoms with Crippen LogP contribution in [-0.4, -0.2) is 39.4 Å². The molecule has 30 heavy (non-hydrogen) atoms. The summed E-state index contributed by atoms with van der Waals surface area (Å²) in [5, 5.41) is 30.2. The third-order valence-electron chi connectivity index (χ3n) is 10.3. The minimum Gasteiger partial charge on any atom is -0.481 e. The van der Waals surface area contributed by atoms with E-state index in [1.54, 1.807) is 0 Å². The largest absolute Gasteiger partial charge is 0.481 e. The number of aliphatic hydroxyl groups is 2. The van der Waals surface area contributed by atoms with Crippen molar-refractivity contribution in [2.24, 2.45) is 46.3 Å². The molecular weight excluding hydrogens is 390 g/mol. The van der Waals surface area contributed by atoms with Crippen LogP contribution in [0.15, 0.2) is 0 Å². The Bertz CT molecular complexity index is 684. The molecule has 4 aliphatic rings. The number of carbonyl (C=O) groups is 1. The van der Waals surface area contributed by atoms with Gasteiger partial charge in [-0.1, -0.05) is 20.8 Å². The van der Waals surface area contributed by atoms with E-state index in [-0.39, 0.29) is 42.4 Å². The van der Waals surface area contributed by atoms with Crippen LogP contribution in [0.2, 0.25) is 0 Å². The minimum atomic E-state index is -3.05. The van der Waals surface area contributed by atoms with Crippen molar-refractivity contribution in [3.63, 3.8) is 0 Å². The maximum Gasteiger partial charge on any atom is 0.303 e. The van der Waals surface area contributed by atoms with E-state index in [9.17, 15) is 23.8 Å². The third kappa shape index (κ3) is 3.32. The molecule has 4 nitrogen and oxygen atoms in total. The van der Waals surface area contributed by atoms with Crippen molar-refractivity contribution in [3.05, 3.63) is 0 Å². The van der Waals surface area contributed by atoms with Crippen LogP contribution in [0.3, 0.4) is 0 Å². The SMILES string of the molecule is C[C@H](CCC(=O)O)[C@H]1CC[C@H]2[C@@H]3[C@H](O)C[C@@H]4C[C@H](O)C(F)(F)C[C@]4(C)[C@H]3CC[C@]12C. The van der Waals surface area contributed by atoms with Gasteiger partial charge < -0.3 is 15.3 Å². The van der Waals surface area contributed by atoms with Gasteiger partial charge in [-0.25, -0.2) is 8.78 Å². The number of aliphatic hydroxyl groups excluding tert-OH is 2. The number of carboxylic acid groups (broad SMARTS) is 1. The molecule has 0 aromatic heterocycles. The zero-order valence-corrected chi connectivity index (χ0v) is 18.5. The first-order valence-corrected chi connectivity index (χ1v) is 11.9. The van der Waals surface area contributed by atoms with Crippen LogP contribution in [0, 0.1) is 46.3 Å². The Balaban J connectivity index is 1.59. The molecule has 0 aromatic carbocycles. The lowest BCUT2D eigenvalue weighted by atomic mass is 9.43. The molecule has 0 aromatic rings. The average Bonchev–Trinajstić information content (AvgIpc) is 2.99. The highest BCUT2D eigenvalue weighted by atomic mass is 19.3. The fourth-order valence-electron chi connectivity index (χ4n) is 8.76. The number of hydrogen-bond acceptors (Lipinski definition) is 3. The summed E-state index contributed by atoms with van der Waals surface area (Å²) in [5.41, 5.74) is -0.499. The van der Waals surface area contributed by atoms with Gasteiger partial charge in [-0.3, -0.25) is 4.79 Å². The number of alkyl halides is 2. The monoisotopic (exact) mass is 428 g/mol. The van der Waals surface area contributed by atoms with Crippen LogP contribution in [0.25, 0.3) is 0 Å². The van der Waals surface area contributed by atoms with Crippen LogP contribution in [0.4, 0.5) is 8.78 Å². The molecule has 0 saturated heterocycles. The summed E-state index contributed by atoms with van der Waals surface area (Å²) >= 11 is 0. The Morgan fingerprint density at radius 2 is 1.73 bits per heavy atom. The zero-order chi connectivity index (χ0) is 22.1. The summed E-state index contributed by atoms with van der Waals surface area (Å²) < 4.78 is 29.1. The van der Waals surface area contributed by atoms with E-state index >= 15 is 0 Å². The molecule has 0 heterocycles. The first kappa shape index (κ1) is 22.4. The van der Waals surface area contributed by atoms with Crippen LogP contribution >= 0.6 is 0 Å². The highest BCUT2D eigenvalue weighted by Crippen LogP contribution is 2.69. The molecule has 4 saturated carbocycles. The average molecular weight is 429 g/mol. The van der Waals surface area contributed by atoms with Crippen LogP contribution in [-0.2, 0) is 4.79 Å². The number of aliphatic carboxylic acids is 1. The van der Waals surface area contributed by atoms with Gasteiger partial charge in [-0.15, -0.1) is 0 Å². The van der Waals surface area contributed by atoms with Gasteiger partial charge in [-0.05, 0) is 91.3 Å². The van der Waals surface area contributed by atoms with E-state index in [4.69, 9.17) is 5.11 Å². The lowest BCUT2D eigenvalue weighted by molar-refractivity contribution is -0.236. The summed E-state index contributed by atoms with van der Waals surface area (Å²) in [5.74, 6) is -2.72. The molecule has 0 spiro atoms. The summed E-state index contributed by atoms with van der Waals surface area (Å²) in [4.78, 5) is 11.0. The molecule has 4 aliphatic carbocycles. The maximum absolute atomic E-state index is 14.6. The normalized spacial score (nSPS) is 50.8. The van der Waals surface area contributed by atoms with Gasteiger partial charge in [0.15, 0.2) is 0 Å². The third-order valence-corrected chi connectivity index (χ3v) is 10.3. The molecule has 10 atom stereocenters. The number of fused-ring (bicyclic) bond motifs is 5. The predicted molar refractivity (Wildman–Crippen MR) is 109 cm³/mol. The van der Waals surface area contributed by atoms with Crippen molar-refractivity contribution in [3.8, 4) is 0 Å². The molecule has 0 unspecified atom stereocenters. The molecule has 6 heteroatoms. The van der Waals surface area contributed by atoms with Gasteiger partial charge in [-0.2, -0.15) is 0 Å². The fourth-order valence-corrected chi connectivity index (χ4v) is 8.76. The Labute approximate surface area is 178 Å². The summed E-state index contributed by atoms with van der Waals surface area (Å²) in [6.45, 7) is 6.46. The van der Waals surface area contributed by atoms with E-state index in [0.29, 0.717) is 30.6 Å². The Kier molecular flexibility index (Phi) is 5.53. The van der Waals surface area contributed by atoms with Crippen LogP contribution in [0.1, 0.15) is 78.6 Å². The minimum absolute atomic E-state index is 0.0349. The first-order valence-electron chi connectivity index (χ1n) is 11.9. The molecule has 0 aliphatic heterocycles. The van der Waals surface area contributed by atoms with Gasteiger partial charge in [0.2, 0.25) is 0 Å². The van der Waals surface area contributed by atoms with Crippen molar-refractivity contribution in [2.45, 2.75) is 96.7 Å². The molecule has 4 rings (SSSR count). The molecule has 172 valence electrons. The van der Waals surface area contributed by atoms with Crippen molar-refractivity contribution >= 4 is 5.97 Å². The van der Waals surface area contributed by atoms with E-state index in [0.717, 1.165) is 25.7 Å². The number of halogens is 2. The smallest absolute Gasteiger partial charge is 0.303 e. The second-order valence-electron chi connectivity index (χ2n) is 11.6. The van der Waals surface area contributed by atoms with E-state index in [1.165, 1.54) is 0 Å². The first-order chi connectivity index (χ1) is 13.9. The zero-order valence-electron chi connectivity index (χ0n) is 18.5. The summed E-state index contributed by atoms with van der Waals surface area (Å²) in [6.07, 6.45) is 2.92. The maximum atomic E-state index is 14.6. The van der Waals surface area contributed by atoms with E-state index < -0.39 is 29.5 Å². The van der Waals surface area contributed by atoms with E-state index in [2.05, 4.69) is 13.8 Å². The number of hydrogen-bond donors (Lipinski definition) is 3. The lowest BCUT2D eigenvalue weighted by Gasteiger charge is -2.63. The highest BCUT2D eigenvalue weighted by Gasteiger charge is 2.66. The molecule has 0 radical (unpaired) electrons. The predicted octanol–water partition coefficient (Wildman–Crippen LogP) is 4.72. The van der Waals surface area contributed by atoms with Crippen molar-refractivity contribution < 1.29 is 28.9 Å². The van der Waals surface area contributed by atoms with E-state index in [1.807, 2.05) is 6.92 Å². The molecule has 4 fully saturated rings. The Morgan fingerprint density at radius 3 is 2.40 bits per heavy atom. The van der Waals surface area contributed by atoms with Crippen molar-refractivity contribution in [1.82, 2.24) is 0 Å². The van der Waals surface area contributed by atoms with Gasteiger partial charge in [0, 0.05) is 12.8 Å². The second-order valence-corrected chi connectivity index (χ2v) is 11.6. The molecular formula is C24H38F2O4. The number of carboxylic acids is 1. The Morgan fingerprint density at radius 1 is 1.07 bits per heavy atom. The lowest BCUT2D eigenvalue weighted by Crippen LogP contribution is -2.62. The fraction of sp³-hybridized carbons (Fsp3) is 0.958. The molecule has 0 bridgehead atoms. The van der Waals surface area contributed by atoms with Gasteiger partial charge in [0.1, 0.15) is 6.10 Å². The summed E-state index contributed by atoms with van der Waals surface area (Å²) in [7, 11) is 0. The Hall–Kier alpha value is -0.750. The molecule has 3 N–H and O–H groups in total. The quantitative estimate of drug-likeness (QED) is 0.605. The number of rotatable bonds is 4. The highest BCUT2D eigenvalue weighted by molar-refractivity contribution is 5.66. The van der Waals surface area contributed by atoms with Crippen LogP contribution < -0.4 is 0 Å². The second kappa shape index (κ2) is 7.40. The van der Waals surface area contributed by atoms with Crippen molar-refractivity contribution in [2.75, 3.05) is 0 Å². The summed E-state index contributed by atoms with van der Waals surface area (Å²) in [6, 6.07) is 0. The molecule has 0 amide bonds. The van der Waals surface area contributed by atoms with Gasteiger partial charge >= 0.3 is 5.97 Å². The standard InChI is InChI=1S/C24H38F2O4/c1-13(4-7-20(29)30)15-5-6-16-21-17(8-9-22(15,16)2)23(3)12-24(25,26)19(28)11-14(23)10-18(21)27/h13-19,21,27-28H,4-12H2,1-3H3,(H,29,30)/t13-,14-,15-,16+,17+,18-,19+,21+,22-,23+/m1/s1. The van der Waals surface area contributed by atoms with Crippen LogP contribution in [0.5, 0.6) is 0 Å². The van der Waals surface area contributed by atoms with Gasteiger partial charge in [0.25, 0.3) is 5.92 Å². The van der Waals surface area contributed by atoms with Gasteiger partial charge in [0.05, 0.1) is 6.10 Å². The topological polar surface area (TPSA) is 77.8 Å².